The van der Waals surface area contributed by atoms with Crippen LogP contribution >= 0.6 is 0 Å². The van der Waals surface area contributed by atoms with Crippen molar-refractivity contribution >= 4 is 0 Å². The van der Waals surface area contributed by atoms with Crippen molar-refractivity contribution in [1.82, 2.24) is 0 Å². The monoisotopic (exact) mass is 414 g/mol. The predicted octanol–water partition coefficient (Wildman–Crippen LogP) is 10.4. The lowest BCUT2D eigenvalue weighted by Gasteiger charge is -2.29. The van der Waals surface area contributed by atoms with Crippen molar-refractivity contribution in [1.29, 1.82) is 0 Å². The average Bonchev–Trinajstić information content (AvgIpc) is 2.67. The van der Waals surface area contributed by atoms with E-state index in [-0.39, 0.29) is 0 Å². The number of benzene rings is 1. The van der Waals surface area contributed by atoms with Gasteiger partial charge in [0, 0.05) is 0 Å². The lowest BCUT2D eigenvalue weighted by Crippen LogP contribution is -2.15. The number of allylic oxidation sites excluding steroid dienone is 5. The van der Waals surface area contributed by atoms with E-state index in [2.05, 4.69) is 99.2 Å². The minimum atomic E-state index is 0.332. The highest BCUT2D eigenvalue weighted by molar-refractivity contribution is 5.33. The third-order valence-corrected chi connectivity index (χ3v) is 4.45. The van der Waals surface area contributed by atoms with Crippen molar-refractivity contribution < 1.29 is 0 Å². The van der Waals surface area contributed by atoms with Crippen LogP contribution in [0, 0.1) is 25.2 Å². The summed E-state index contributed by atoms with van der Waals surface area (Å²) in [6, 6.07) is 6.80. The van der Waals surface area contributed by atoms with Crippen LogP contribution in [0.5, 0.6) is 0 Å². The van der Waals surface area contributed by atoms with Crippen LogP contribution in [0.15, 0.2) is 54.2 Å². The molecule has 1 aromatic carbocycles. The first-order valence-corrected chi connectivity index (χ1v) is 12.1. The maximum absolute atomic E-state index is 3.78. The van der Waals surface area contributed by atoms with E-state index in [4.69, 9.17) is 0 Å². The van der Waals surface area contributed by atoms with Crippen molar-refractivity contribution in [2.45, 2.75) is 109 Å². The number of hydrogen-bond acceptors (Lipinski definition) is 0. The van der Waals surface area contributed by atoms with Crippen LogP contribution in [0.1, 0.15) is 106 Å². The van der Waals surface area contributed by atoms with Gasteiger partial charge in [-0.3, -0.25) is 0 Å². The highest BCUT2D eigenvalue weighted by Crippen LogP contribution is 2.36. The summed E-state index contributed by atoms with van der Waals surface area (Å²) >= 11 is 0. The van der Waals surface area contributed by atoms with Crippen LogP contribution in [0.2, 0.25) is 0 Å². The quantitative estimate of drug-likeness (QED) is 0.461. The fraction of sp³-hybridized carbons (Fsp3) is 0.600. The summed E-state index contributed by atoms with van der Waals surface area (Å²) in [5, 5.41) is 0. The largest absolute Gasteiger partial charge is 0.0988 e. The van der Waals surface area contributed by atoms with Crippen molar-refractivity contribution in [2.24, 2.45) is 11.3 Å². The Labute approximate surface area is 191 Å². The first-order valence-electron chi connectivity index (χ1n) is 12.1. The molecular formula is C30H54. The van der Waals surface area contributed by atoms with Crippen LogP contribution in [0.4, 0.5) is 0 Å². The third-order valence-electron chi connectivity index (χ3n) is 4.45. The van der Waals surface area contributed by atoms with E-state index in [1.54, 1.807) is 0 Å². The highest BCUT2D eigenvalue weighted by atomic mass is 14.3. The van der Waals surface area contributed by atoms with Gasteiger partial charge in [0.2, 0.25) is 0 Å². The van der Waals surface area contributed by atoms with Crippen molar-refractivity contribution in [3.8, 4) is 0 Å². The molecule has 0 saturated carbocycles. The summed E-state index contributed by atoms with van der Waals surface area (Å²) in [6.45, 7) is 31.6. The summed E-state index contributed by atoms with van der Waals surface area (Å²) < 4.78 is 0. The van der Waals surface area contributed by atoms with E-state index >= 15 is 0 Å². The zero-order valence-corrected chi connectivity index (χ0v) is 22.9. The van der Waals surface area contributed by atoms with E-state index in [0.717, 1.165) is 12.3 Å². The maximum Gasteiger partial charge on any atom is -0.0104 e. The summed E-state index contributed by atoms with van der Waals surface area (Å²) in [4.78, 5) is 0. The fourth-order valence-corrected chi connectivity index (χ4v) is 2.96. The summed E-state index contributed by atoms with van der Waals surface area (Å²) in [5.74, 6) is 0.756. The molecule has 0 bridgehead atoms. The Morgan fingerprint density at radius 2 is 1.33 bits per heavy atom. The summed E-state index contributed by atoms with van der Waals surface area (Å²) in [7, 11) is 0. The molecule has 0 unspecified atom stereocenters. The Kier molecular flexibility index (Phi) is 21.4. The van der Waals surface area contributed by atoms with Gasteiger partial charge in [-0.25, -0.2) is 0 Å². The molecule has 1 aromatic rings. The zero-order valence-electron chi connectivity index (χ0n) is 22.9. The topological polar surface area (TPSA) is 0 Å². The molecule has 2 rings (SSSR count). The average molecular weight is 415 g/mol. The zero-order chi connectivity index (χ0) is 24.3. The molecule has 0 fully saturated rings. The minimum Gasteiger partial charge on any atom is -0.0988 e. The second kappa shape index (κ2) is 19.4. The highest BCUT2D eigenvalue weighted by Gasteiger charge is 2.22. The number of rotatable bonds is 3. The van der Waals surface area contributed by atoms with Gasteiger partial charge in [-0.05, 0) is 56.1 Å². The molecule has 0 atom stereocenters. The predicted molar refractivity (Wildman–Crippen MR) is 144 cm³/mol. The van der Waals surface area contributed by atoms with E-state index in [9.17, 15) is 0 Å². The molecular weight excluding hydrogens is 360 g/mol. The van der Waals surface area contributed by atoms with E-state index in [0.29, 0.717) is 5.41 Å². The standard InChI is InChI=1S/C12H18.C11H16.C3H8.2C2H6/c1-9(2)5-12-7-10(3)6-11(4)8-12;1-5-10-7-6-9(2)11(3,4)8-10;1-3-2;2*1-2/h6-9H,5H2,1-4H3;5-7H,1,8H2,2-4H3;3H2,1-2H3;2*1-2H3. The maximum atomic E-state index is 3.78. The Hall–Kier alpha value is -1.56. The molecule has 0 saturated heterocycles. The first-order chi connectivity index (χ1) is 14.0. The second-order valence-electron chi connectivity index (χ2n) is 8.66. The van der Waals surface area contributed by atoms with Crippen LogP contribution in [0.3, 0.4) is 0 Å². The van der Waals surface area contributed by atoms with E-state index in [1.807, 2.05) is 33.8 Å². The Bertz CT molecular complexity index is 589. The van der Waals surface area contributed by atoms with Gasteiger partial charge in [0.15, 0.2) is 0 Å². The fourth-order valence-electron chi connectivity index (χ4n) is 2.96. The number of hydrogen-bond donors (Lipinski definition) is 0. The lowest BCUT2D eigenvalue weighted by atomic mass is 9.76. The number of aryl methyl sites for hydroxylation is 2. The van der Waals surface area contributed by atoms with Gasteiger partial charge >= 0.3 is 0 Å². The molecule has 0 heterocycles. The van der Waals surface area contributed by atoms with Crippen molar-refractivity contribution in [3.63, 3.8) is 0 Å². The van der Waals surface area contributed by atoms with Gasteiger partial charge in [-0.2, -0.15) is 0 Å². The molecule has 0 N–H and O–H groups in total. The van der Waals surface area contributed by atoms with E-state index in [1.165, 1.54) is 40.7 Å². The van der Waals surface area contributed by atoms with Gasteiger partial charge in [0.1, 0.15) is 0 Å². The molecule has 1 aliphatic rings. The van der Waals surface area contributed by atoms with Gasteiger partial charge in [-0.15, -0.1) is 0 Å². The van der Waals surface area contributed by atoms with E-state index < -0.39 is 0 Å². The van der Waals surface area contributed by atoms with Gasteiger partial charge in [0.05, 0.1) is 0 Å². The smallest absolute Gasteiger partial charge is 0.0104 e. The third kappa shape index (κ3) is 16.3. The molecule has 174 valence electrons. The SMILES string of the molecule is C=CC1=CC=C(C)C(C)(C)C1.CC.CC.CCC.Cc1cc(C)cc(CC(C)C)c1. The van der Waals surface area contributed by atoms with Crippen LogP contribution in [-0.4, -0.2) is 0 Å². The molecule has 0 heteroatoms. The molecule has 0 aliphatic heterocycles. The molecule has 0 radical (unpaired) electrons. The molecule has 0 spiro atoms. The summed E-state index contributed by atoms with van der Waals surface area (Å²) in [5.41, 5.74) is 7.38. The molecule has 30 heavy (non-hydrogen) atoms. The molecule has 0 aromatic heterocycles. The molecule has 0 amide bonds. The lowest BCUT2D eigenvalue weighted by molar-refractivity contribution is 0.440. The second-order valence-corrected chi connectivity index (χ2v) is 8.66. The summed E-state index contributed by atoms with van der Waals surface area (Å²) in [6.07, 6.45) is 9.88. The Morgan fingerprint density at radius 1 is 0.900 bits per heavy atom. The van der Waals surface area contributed by atoms with Crippen LogP contribution < -0.4 is 0 Å². The normalized spacial score (nSPS) is 13.4. The van der Waals surface area contributed by atoms with Gasteiger partial charge in [-0.1, -0.05) is 135 Å². The Balaban J connectivity index is -0.000000376. The minimum absolute atomic E-state index is 0.332. The van der Waals surface area contributed by atoms with Gasteiger partial charge in [0.25, 0.3) is 0 Å². The van der Waals surface area contributed by atoms with Crippen LogP contribution in [-0.2, 0) is 6.42 Å². The van der Waals surface area contributed by atoms with Gasteiger partial charge < -0.3 is 0 Å². The van der Waals surface area contributed by atoms with Crippen molar-refractivity contribution in [3.05, 3.63) is 70.8 Å². The van der Waals surface area contributed by atoms with Crippen molar-refractivity contribution in [2.75, 3.05) is 0 Å². The molecule has 0 nitrogen and oxygen atoms in total. The molecule has 1 aliphatic carbocycles. The first kappa shape index (κ1) is 33.1. The Morgan fingerprint density at radius 3 is 1.67 bits per heavy atom. The van der Waals surface area contributed by atoms with Crippen LogP contribution in [0.25, 0.3) is 0 Å².